The minimum Gasteiger partial charge on any atom is -0.504 e. The molecule has 1 spiro atoms. The number of amides is 1. The van der Waals surface area contributed by atoms with Crippen molar-refractivity contribution in [2.24, 2.45) is 5.41 Å². The summed E-state index contributed by atoms with van der Waals surface area (Å²) in [7, 11) is 3.93. The van der Waals surface area contributed by atoms with Gasteiger partial charge in [0.1, 0.15) is 11.9 Å². The van der Waals surface area contributed by atoms with E-state index in [0.717, 1.165) is 37.8 Å². The van der Waals surface area contributed by atoms with Crippen LogP contribution in [0.1, 0.15) is 42.9 Å². The number of ether oxygens (including phenoxy) is 2. The van der Waals surface area contributed by atoms with Crippen molar-refractivity contribution in [3.63, 3.8) is 0 Å². The molecule has 2 aliphatic heterocycles. The number of nitrogens with zero attached hydrogens (tertiary/aromatic N) is 2. The molecule has 2 aliphatic carbocycles. The standard InChI is InChI=1S/C29H31F3N2O4/c1-27-12-11-20(34(3)23(36)10-7-17-5-4-6-19(15-17)38-29(30,31)32)26-28(27)13-14-33(2)22(27)16-18-8-9-21(35)25(37-26)24(18)28/h4-10,15,20,22,26,35H,11-14,16H2,1-3H3/b10-7+/t20?,22-,26?,27+,28+/m1/s1. The number of aromatic hydroxyl groups is 1. The molecule has 9 heteroatoms. The fraction of sp³-hybridized carbons (Fsp3) is 0.483. The topological polar surface area (TPSA) is 62.2 Å². The number of carbonyl (C=O) groups is 1. The molecule has 2 aromatic rings. The van der Waals surface area contributed by atoms with Gasteiger partial charge in [0, 0.05) is 30.1 Å². The zero-order valence-corrected chi connectivity index (χ0v) is 21.6. The molecule has 1 saturated heterocycles. The smallest absolute Gasteiger partial charge is 0.504 e. The van der Waals surface area contributed by atoms with Crippen molar-refractivity contribution in [3.8, 4) is 17.2 Å². The molecular weight excluding hydrogens is 497 g/mol. The molecule has 1 amide bonds. The van der Waals surface area contributed by atoms with Crippen LogP contribution in [0, 0.1) is 5.41 Å². The lowest BCUT2D eigenvalue weighted by Gasteiger charge is -2.65. The molecule has 2 bridgehead atoms. The van der Waals surface area contributed by atoms with Gasteiger partial charge >= 0.3 is 6.36 Å². The highest BCUT2D eigenvalue weighted by Crippen LogP contribution is 2.69. The third-order valence-corrected chi connectivity index (χ3v) is 9.62. The number of phenolic OH excluding ortho intramolecular Hbond substituents is 1. The van der Waals surface area contributed by atoms with Crippen LogP contribution in [-0.2, 0) is 16.6 Å². The molecule has 5 atom stereocenters. The van der Waals surface area contributed by atoms with Gasteiger partial charge < -0.3 is 24.4 Å². The van der Waals surface area contributed by atoms with E-state index in [9.17, 15) is 23.1 Å². The number of hydrogen-bond donors (Lipinski definition) is 1. The molecular formula is C29H31F3N2O4. The summed E-state index contributed by atoms with van der Waals surface area (Å²) in [5.41, 5.74) is 2.39. The van der Waals surface area contributed by atoms with Gasteiger partial charge in [-0.05, 0) is 80.1 Å². The molecule has 1 saturated carbocycles. The van der Waals surface area contributed by atoms with E-state index in [1.807, 2.05) is 6.07 Å². The minimum atomic E-state index is -4.79. The zero-order chi connectivity index (χ0) is 27.0. The van der Waals surface area contributed by atoms with Crippen LogP contribution in [0.15, 0.2) is 42.5 Å². The number of phenols is 1. The summed E-state index contributed by atoms with van der Waals surface area (Å²) in [6.45, 7) is 3.26. The number of carbonyl (C=O) groups excluding carboxylic acids is 1. The van der Waals surface area contributed by atoms with Crippen LogP contribution in [0.25, 0.3) is 6.08 Å². The van der Waals surface area contributed by atoms with Crippen molar-refractivity contribution in [1.29, 1.82) is 0 Å². The second-order valence-electron chi connectivity index (χ2n) is 11.3. The van der Waals surface area contributed by atoms with Crippen molar-refractivity contribution in [2.45, 2.75) is 62.6 Å². The molecule has 202 valence electrons. The first kappa shape index (κ1) is 25.1. The van der Waals surface area contributed by atoms with Crippen LogP contribution in [0.4, 0.5) is 13.2 Å². The van der Waals surface area contributed by atoms with Gasteiger partial charge in [-0.15, -0.1) is 13.2 Å². The van der Waals surface area contributed by atoms with Gasteiger partial charge in [-0.25, -0.2) is 0 Å². The molecule has 1 N–H and O–H groups in total. The summed E-state index contributed by atoms with van der Waals surface area (Å²) in [5.74, 6) is 0.0988. The van der Waals surface area contributed by atoms with Crippen LogP contribution < -0.4 is 9.47 Å². The molecule has 2 unspecified atom stereocenters. The average Bonchev–Trinajstić information content (AvgIpc) is 3.21. The Hall–Kier alpha value is -3.20. The summed E-state index contributed by atoms with van der Waals surface area (Å²) < 4.78 is 48.4. The predicted octanol–water partition coefficient (Wildman–Crippen LogP) is 4.89. The highest BCUT2D eigenvalue weighted by Gasteiger charge is 2.71. The summed E-state index contributed by atoms with van der Waals surface area (Å²) in [6, 6.07) is 9.37. The summed E-state index contributed by atoms with van der Waals surface area (Å²) in [5, 5.41) is 10.8. The Morgan fingerprint density at radius 1 is 1.26 bits per heavy atom. The number of alkyl halides is 3. The van der Waals surface area contributed by atoms with Crippen LogP contribution in [0.3, 0.4) is 0 Å². The molecule has 4 aliphatic rings. The zero-order valence-electron chi connectivity index (χ0n) is 21.6. The fourth-order valence-electron chi connectivity index (χ4n) is 7.86. The Bertz CT molecular complexity index is 1330. The van der Waals surface area contributed by atoms with Gasteiger partial charge in [-0.1, -0.05) is 25.1 Å². The Morgan fingerprint density at radius 2 is 2.05 bits per heavy atom. The lowest BCUT2D eigenvalue weighted by Crippen LogP contribution is -2.73. The molecule has 2 heterocycles. The first-order chi connectivity index (χ1) is 17.9. The number of likely N-dealkylation sites (N-methyl/N-ethyl adjacent to an activating group) is 2. The maximum Gasteiger partial charge on any atom is 0.573 e. The monoisotopic (exact) mass is 528 g/mol. The van der Waals surface area contributed by atoms with E-state index in [2.05, 4.69) is 23.6 Å². The van der Waals surface area contributed by atoms with E-state index in [1.165, 1.54) is 35.9 Å². The summed E-state index contributed by atoms with van der Waals surface area (Å²) >= 11 is 0. The average molecular weight is 529 g/mol. The number of rotatable bonds is 4. The van der Waals surface area contributed by atoms with Gasteiger partial charge in [-0.2, -0.15) is 0 Å². The molecule has 2 fully saturated rings. The minimum absolute atomic E-state index is 0.0636. The van der Waals surface area contributed by atoms with Crippen molar-refractivity contribution in [2.75, 3.05) is 20.6 Å². The summed E-state index contributed by atoms with van der Waals surface area (Å²) in [6.07, 6.45) is 1.24. The quantitative estimate of drug-likeness (QED) is 0.573. The maximum atomic E-state index is 13.3. The summed E-state index contributed by atoms with van der Waals surface area (Å²) in [4.78, 5) is 17.5. The number of halogens is 3. The Labute approximate surface area is 219 Å². The van der Waals surface area contributed by atoms with E-state index in [-0.39, 0.29) is 40.4 Å². The first-order valence-electron chi connectivity index (χ1n) is 13.0. The SMILES string of the molecule is CN(C(=O)/C=C/c1cccc(OC(F)(F)F)c1)C1CC[C@@]2(C)[C@H]3Cc4ccc(O)c5c4[C@@]2(CCN3C)C1O5. The number of benzene rings is 2. The second-order valence-corrected chi connectivity index (χ2v) is 11.3. The Morgan fingerprint density at radius 3 is 2.82 bits per heavy atom. The van der Waals surface area contributed by atoms with Crippen molar-refractivity contribution < 1.29 is 32.5 Å². The van der Waals surface area contributed by atoms with Crippen LogP contribution in [-0.4, -0.2) is 66.0 Å². The van der Waals surface area contributed by atoms with Gasteiger partial charge in [0.15, 0.2) is 11.5 Å². The van der Waals surface area contributed by atoms with Crippen molar-refractivity contribution in [3.05, 3.63) is 59.2 Å². The lowest BCUT2D eigenvalue weighted by molar-refractivity contribution is -0.274. The molecule has 6 nitrogen and oxygen atoms in total. The molecule has 0 radical (unpaired) electrons. The van der Waals surface area contributed by atoms with Crippen LogP contribution in [0.5, 0.6) is 17.2 Å². The lowest BCUT2D eigenvalue weighted by atomic mass is 9.43. The van der Waals surface area contributed by atoms with E-state index in [0.29, 0.717) is 17.4 Å². The predicted molar refractivity (Wildman–Crippen MR) is 135 cm³/mol. The van der Waals surface area contributed by atoms with Crippen LogP contribution >= 0.6 is 0 Å². The van der Waals surface area contributed by atoms with Crippen LogP contribution in [0.2, 0.25) is 0 Å². The van der Waals surface area contributed by atoms with E-state index in [4.69, 9.17) is 4.74 Å². The third kappa shape index (κ3) is 3.54. The molecule has 6 rings (SSSR count). The number of likely N-dealkylation sites (tertiary alicyclic amines) is 1. The molecule has 38 heavy (non-hydrogen) atoms. The Balaban J connectivity index is 1.30. The van der Waals surface area contributed by atoms with Gasteiger partial charge in [-0.3, -0.25) is 4.79 Å². The van der Waals surface area contributed by atoms with Gasteiger partial charge in [0.2, 0.25) is 5.91 Å². The van der Waals surface area contributed by atoms with E-state index < -0.39 is 6.36 Å². The number of piperidine rings is 1. The second kappa shape index (κ2) is 8.40. The Kier molecular flexibility index (Phi) is 5.55. The van der Waals surface area contributed by atoms with E-state index >= 15 is 0 Å². The number of hydrogen-bond acceptors (Lipinski definition) is 5. The molecule has 2 aromatic carbocycles. The molecule has 0 aromatic heterocycles. The van der Waals surface area contributed by atoms with Gasteiger partial charge in [0.25, 0.3) is 0 Å². The third-order valence-electron chi connectivity index (χ3n) is 9.62. The normalized spacial score (nSPS) is 31.6. The first-order valence-corrected chi connectivity index (χ1v) is 13.0. The van der Waals surface area contributed by atoms with E-state index in [1.54, 1.807) is 24.1 Å². The maximum absolute atomic E-state index is 13.3. The fourth-order valence-corrected chi connectivity index (χ4v) is 7.86. The van der Waals surface area contributed by atoms with Crippen molar-refractivity contribution in [1.82, 2.24) is 9.80 Å². The largest absolute Gasteiger partial charge is 0.573 e. The van der Waals surface area contributed by atoms with Gasteiger partial charge in [0.05, 0.1) is 6.04 Å². The van der Waals surface area contributed by atoms with Crippen molar-refractivity contribution >= 4 is 12.0 Å². The highest BCUT2D eigenvalue weighted by molar-refractivity contribution is 5.92. The highest BCUT2D eigenvalue weighted by atomic mass is 19.4.